The highest BCUT2D eigenvalue weighted by Crippen LogP contribution is 2.27. The number of carboxylic acid groups (broad SMARTS) is 2. The summed E-state index contributed by atoms with van der Waals surface area (Å²) in [5.74, 6) is -3.65. The fourth-order valence-corrected chi connectivity index (χ4v) is 4.15. The van der Waals surface area contributed by atoms with Gasteiger partial charge in [0, 0.05) is 5.54 Å². The maximum absolute atomic E-state index is 9.10. The molecule has 0 saturated carbocycles. The molecule has 4 N–H and O–H groups in total. The van der Waals surface area contributed by atoms with Crippen LogP contribution in [0.3, 0.4) is 0 Å². The highest BCUT2D eigenvalue weighted by molar-refractivity contribution is 6.27. The fourth-order valence-electron chi connectivity index (χ4n) is 4.15. The number of rotatable bonds is 21. The van der Waals surface area contributed by atoms with E-state index in [0.717, 1.165) is 0 Å². The lowest BCUT2D eigenvalue weighted by molar-refractivity contribution is -0.159. The van der Waals surface area contributed by atoms with Crippen LogP contribution in [0.4, 0.5) is 0 Å². The third kappa shape index (κ3) is 25.2. The first-order chi connectivity index (χ1) is 15.3. The highest BCUT2D eigenvalue weighted by Gasteiger charge is 2.23. The molecule has 0 atom stereocenters. The Morgan fingerprint density at radius 1 is 0.500 bits per heavy atom. The van der Waals surface area contributed by atoms with Crippen molar-refractivity contribution in [2.45, 2.75) is 161 Å². The van der Waals surface area contributed by atoms with Crippen molar-refractivity contribution in [1.82, 2.24) is 0 Å². The molecule has 0 radical (unpaired) electrons. The van der Waals surface area contributed by atoms with Gasteiger partial charge in [-0.1, -0.05) is 136 Å². The molecule has 5 nitrogen and oxygen atoms in total. The van der Waals surface area contributed by atoms with Crippen LogP contribution in [0, 0.1) is 0 Å². The first kappa shape index (κ1) is 33.1. The Labute approximate surface area is 198 Å². The molecule has 5 heteroatoms. The molecule has 0 aromatic carbocycles. The normalized spacial score (nSPS) is 11.1. The van der Waals surface area contributed by atoms with Gasteiger partial charge in [0.15, 0.2) is 0 Å². The minimum atomic E-state index is -1.82. The van der Waals surface area contributed by atoms with Crippen molar-refractivity contribution in [1.29, 1.82) is 0 Å². The summed E-state index contributed by atoms with van der Waals surface area (Å²) in [6, 6.07) is 0. The lowest BCUT2D eigenvalue weighted by Gasteiger charge is -2.30. The molecule has 0 fully saturated rings. The SMILES string of the molecule is CCCCCCCCC(N)(CCCCCCCC)CCCCCCCC.O=C(O)C(=O)O. The number of carboxylic acids is 2. The van der Waals surface area contributed by atoms with Crippen molar-refractivity contribution < 1.29 is 19.8 Å². The van der Waals surface area contributed by atoms with Crippen LogP contribution in [-0.2, 0) is 9.59 Å². The van der Waals surface area contributed by atoms with Gasteiger partial charge in [-0.2, -0.15) is 0 Å². The molecular formula is C27H55NO4. The van der Waals surface area contributed by atoms with Crippen LogP contribution in [0.15, 0.2) is 0 Å². The highest BCUT2D eigenvalue weighted by atomic mass is 16.4. The van der Waals surface area contributed by atoms with Crippen LogP contribution < -0.4 is 5.73 Å². The molecule has 0 heterocycles. The van der Waals surface area contributed by atoms with Gasteiger partial charge in [0.1, 0.15) is 0 Å². The van der Waals surface area contributed by atoms with E-state index in [2.05, 4.69) is 20.8 Å². The standard InChI is InChI=1S/C25H53N.C2H2O4/c1-4-7-10-13-16-19-22-25(26,23-20-17-14-11-8-5-2)24-21-18-15-12-9-6-3;3-1(4)2(5)6/h4-24,26H2,1-3H3;(H,3,4)(H,5,6). The van der Waals surface area contributed by atoms with E-state index in [-0.39, 0.29) is 5.54 Å². The van der Waals surface area contributed by atoms with Gasteiger partial charge < -0.3 is 15.9 Å². The second-order valence-corrected chi connectivity index (χ2v) is 9.53. The van der Waals surface area contributed by atoms with Gasteiger partial charge >= 0.3 is 11.9 Å². The largest absolute Gasteiger partial charge is 0.473 e. The lowest BCUT2D eigenvalue weighted by atomic mass is 9.82. The Bertz CT molecular complexity index is 373. The van der Waals surface area contributed by atoms with Crippen LogP contribution >= 0.6 is 0 Å². The van der Waals surface area contributed by atoms with E-state index in [0.29, 0.717) is 0 Å². The number of hydrogen-bond donors (Lipinski definition) is 3. The van der Waals surface area contributed by atoms with E-state index in [4.69, 9.17) is 25.5 Å². The Morgan fingerprint density at radius 2 is 0.719 bits per heavy atom. The topological polar surface area (TPSA) is 101 Å². The second kappa shape index (κ2) is 24.5. The summed E-state index contributed by atoms with van der Waals surface area (Å²) in [5.41, 5.74) is 7.06. The first-order valence-electron chi connectivity index (χ1n) is 13.6. The van der Waals surface area contributed by atoms with Crippen molar-refractivity contribution >= 4 is 11.9 Å². The zero-order valence-corrected chi connectivity index (χ0v) is 21.6. The summed E-state index contributed by atoms with van der Waals surface area (Å²) in [6.45, 7) is 6.89. The van der Waals surface area contributed by atoms with E-state index in [1.807, 2.05) is 0 Å². The molecule has 0 aliphatic carbocycles. The van der Waals surface area contributed by atoms with E-state index in [9.17, 15) is 0 Å². The Balaban J connectivity index is 0. The Hall–Kier alpha value is -1.10. The molecule has 32 heavy (non-hydrogen) atoms. The number of carbonyl (C=O) groups is 2. The minimum absolute atomic E-state index is 0.139. The molecule has 0 aromatic rings. The van der Waals surface area contributed by atoms with Crippen LogP contribution in [0.2, 0.25) is 0 Å². The molecule has 0 amide bonds. The molecule has 0 spiro atoms. The molecule has 0 unspecified atom stereocenters. The fraction of sp³-hybridized carbons (Fsp3) is 0.926. The molecule has 0 aliphatic rings. The Kier molecular flexibility index (Phi) is 25.4. The summed E-state index contributed by atoms with van der Waals surface area (Å²) >= 11 is 0. The van der Waals surface area contributed by atoms with Crippen molar-refractivity contribution in [2.75, 3.05) is 0 Å². The van der Waals surface area contributed by atoms with Gasteiger partial charge in [-0.05, 0) is 19.3 Å². The molecule has 0 rings (SSSR count). The average molecular weight is 458 g/mol. The molecule has 0 aliphatic heterocycles. The summed E-state index contributed by atoms with van der Waals surface area (Å²) in [7, 11) is 0. The molecule has 0 saturated heterocycles. The van der Waals surface area contributed by atoms with Crippen LogP contribution in [0.25, 0.3) is 0 Å². The zero-order valence-electron chi connectivity index (χ0n) is 21.6. The monoisotopic (exact) mass is 457 g/mol. The minimum Gasteiger partial charge on any atom is -0.473 e. The third-order valence-corrected chi connectivity index (χ3v) is 6.27. The summed E-state index contributed by atoms with van der Waals surface area (Å²) in [6.07, 6.45) is 28.8. The molecule has 0 bridgehead atoms. The van der Waals surface area contributed by atoms with Gasteiger partial charge in [-0.25, -0.2) is 9.59 Å². The van der Waals surface area contributed by atoms with Crippen LogP contribution in [0.1, 0.15) is 156 Å². The lowest BCUT2D eigenvalue weighted by Crippen LogP contribution is -2.39. The van der Waals surface area contributed by atoms with Crippen LogP contribution in [-0.4, -0.2) is 27.7 Å². The van der Waals surface area contributed by atoms with Gasteiger partial charge in [-0.3, -0.25) is 0 Å². The van der Waals surface area contributed by atoms with Crippen LogP contribution in [0.5, 0.6) is 0 Å². The van der Waals surface area contributed by atoms with Gasteiger partial charge in [0.05, 0.1) is 0 Å². The summed E-state index contributed by atoms with van der Waals surface area (Å²) < 4.78 is 0. The van der Waals surface area contributed by atoms with E-state index in [1.165, 1.54) is 135 Å². The number of aliphatic carboxylic acids is 2. The first-order valence-corrected chi connectivity index (χ1v) is 13.6. The maximum atomic E-state index is 9.10. The molecule has 0 aromatic heterocycles. The molecule has 192 valence electrons. The van der Waals surface area contributed by atoms with E-state index in [1.54, 1.807) is 0 Å². The van der Waals surface area contributed by atoms with E-state index < -0.39 is 11.9 Å². The average Bonchev–Trinajstić information content (AvgIpc) is 2.76. The summed E-state index contributed by atoms with van der Waals surface area (Å²) in [4.78, 5) is 18.2. The van der Waals surface area contributed by atoms with Gasteiger partial charge in [0.2, 0.25) is 0 Å². The zero-order chi connectivity index (χ0) is 24.5. The van der Waals surface area contributed by atoms with Crippen molar-refractivity contribution in [3.63, 3.8) is 0 Å². The Morgan fingerprint density at radius 3 is 0.938 bits per heavy atom. The van der Waals surface area contributed by atoms with Crippen molar-refractivity contribution in [3.8, 4) is 0 Å². The van der Waals surface area contributed by atoms with Gasteiger partial charge in [0.25, 0.3) is 0 Å². The number of unbranched alkanes of at least 4 members (excludes halogenated alkanes) is 15. The van der Waals surface area contributed by atoms with Gasteiger partial charge in [-0.15, -0.1) is 0 Å². The number of hydrogen-bond acceptors (Lipinski definition) is 3. The summed E-state index contributed by atoms with van der Waals surface area (Å²) in [5, 5.41) is 14.8. The number of nitrogens with two attached hydrogens (primary N) is 1. The third-order valence-electron chi connectivity index (χ3n) is 6.27. The molecular weight excluding hydrogens is 402 g/mol. The van der Waals surface area contributed by atoms with Crippen molar-refractivity contribution in [2.24, 2.45) is 5.73 Å². The predicted octanol–water partition coefficient (Wildman–Crippen LogP) is 8.09. The predicted molar refractivity (Wildman–Crippen MR) is 136 cm³/mol. The maximum Gasteiger partial charge on any atom is 0.414 e. The van der Waals surface area contributed by atoms with Crippen molar-refractivity contribution in [3.05, 3.63) is 0 Å². The van der Waals surface area contributed by atoms with E-state index >= 15 is 0 Å². The second-order valence-electron chi connectivity index (χ2n) is 9.53. The quantitative estimate of drug-likeness (QED) is 0.119. The smallest absolute Gasteiger partial charge is 0.414 e.